The van der Waals surface area contributed by atoms with Crippen LogP contribution in [-0.2, 0) is 11.2 Å². The minimum absolute atomic E-state index is 0.0823. The van der Waals surface area contributed by atoms with Crippen molar-refractivity contribution >= 4 is 29.0 Å². The van der Waals surface area contributed by atoms with E-state index >= 15 is 0 Å². The van der Waals surface area contributed by atoms with Gasteiger partial charge in [-0.05, 0) is 37.2 Å². The highest BCUT2D eigenvalue weighted by atomic mass is 32.2. The molecule has 1 aromatic carbocycles. The van der Waals surface area contributed by atoms with E-state index in [1.165, 1.54) is 5.56 Å². The summed E-state index contributed by atoms with van der Waals surface area (Å²) in [5.74, 6) is 1.12. The van der Waals surface area contributed by atoms with Crippen LogP contribution in [0, 0.1) is 0 Å². The van der Waals surface area contributed by atoms with E-state index in [4.69, 9.17) is 5.73 Å². The van der Waals surface area contributed by atoms with Gasteiger partial charge in [0.25, 0.3) is 0 Å². The molecule has 20 heavy (non-hydrogen) atoms. The highest BCUT2D eigenvalue weighted by molar-refractivity contribution is 7.99. The Morgan fingerprint density at radius 2 is 2.05 bits per heavy atom. The lowest BCUT2D eigenvalue weighted by Crippen LogP contribution is -2.25. The molecule has 1 amide bonds. The number of benzene rings is 1. The molecule has 0 saturated heterocycles. The molecule has 3 N–H and O–H groups in total. The van der Waals surface area contributed by atoms with Gasteiger partial charge in [0.05, 0.1) is 0 Å². The Kier molecular flexibility index (Phi) is 5.31. The Morgan fingerprint density at radius 1 is 1.30 bits per heavy atom. The molecule has 1 aromatic rings. The number of hydrogen-bond acceptors (Lipinski definition) is 4. The topological polar surface area (TPSA) is 58.4 Å². The second-order valence-corrected chi connectivity index (χ2v) is 6.11. The molecule has 2 rings (SSSR count). The molecule has 0 aromatic heterocycles. The van der Waals surface area contributed by atoms with E-state index in [2.05, 4.69) is 30.1 Å². The van der Waals surface area contributed by atoms with E-state index in [9.17, 15) is 4.79 Å². The summed E-state index contributed by atoms with van der Waals surface area (Å²) < 4.78 is 0. The van der Waals surface area contributed by atoms with Crippen LogP contribution in [-0.4, -0.2) is 36.2 Å². The summed E-state index contributed by atoms with van der Waals surface area (Å²) in [4.78, 5) is 14.9. The average molecular weight is 293 g/mol. The number of nitrogens with zero attached hydrogens (tertiary/aromatic N) is 1. The van der Waals surface area contributed by atoms with Gasteiger partial charge in [0.2, 0.25) is 5.91 Å². The number of nitrogens with one attached hydrogen (secondary N) is 1. The van der Waals surface area contributed by atoms with Crippen molar-refractivity contribution in [3.05, 3.63) is 17.7 Å². The van der Waals surface area contributed by atoms with Gasteiger partial charge in [0, 0.05) is 35.0 Å². The number of anilines is 2. The van der Waals surface area contributed by atoms with Gasteiger partial charge in [0.15, 0.2) is 0 Å². The van der Waals surface area contributed by atoms with Crippen molar-refractivity contribution in [3.63, 3.8) is 0 Å². The Balaban J connectivity index is 2.00. The number of hydrogen-bond donors (Lipinski definition) is 2. The lowest BCUT2D eigenvalue weighted by Gasteiger charge is -2.20. The molecule has 0 fully saturated rings. The fraction of sp³-hybridized carbons (Fsp3) is 0.533. The zero-order chi connectivity index (χ0) is 14.5. The third-order valence-corrected chi connectivity index (χ3v) is 4.74. The largest absolute Gasteiger partial charge is 0.398 e. The maximum atomic E-state index is 11.4. The summed E-state index contributed by atoms with van der Waals surface area (Å²) in [6, 6.07) is 4.03. The SMILES string of the molecule is CCN(CC)CCSc1cc2c(cc1N)NC(=O)CC2. The van der Waals surface area contributed by atoms with Crippen molar-refractivity contribution in [2.24, 2.45) is 0 Å². The second-order valence-electron chi connectivity index (χ2n) is 4.97. The summed E-state index contributed by atoms with van der Waals surface area (Å²) in [6.07, 6.45) is 1.38. The maximum absolute atomic E-state index is 11.4. The minimum Gasteiger partial charge on any atom is -0.398 e. The van der Waals surface area contributed by atoms with E-state index in [-0.39, 0.29) is 5.91 Å². The highest BCUT2D eigenvalue weighted by Crippen LogP contribution is 2.33. The summed E-state index contributed by atoms with van der Waals surface area (Å²) >= 11 is 1.80. The Bertz CT molecular complexity index is 486. The molecule has 1 aliphatic heterocycles. The fourth-order valence-corrected chi connectivity index (χ4v) is 3.39. The highest BCUT2D eigenvalue weighted by Gasteiger charge is 2.16. The first-order valence-electron chi connectivity index (χ1n) is 7.21. The molecule has 0 radical (unpaired) electrons. The number of thioether (sulfide) groups is 1. The minimum atomic E-state index is 0.0823. The molecule has 1 heterocycles. The normalized spacial score (nSPS) is 14.2. The van der Waals surface area contributed by atoms with Gasteiger partial charge in [-0.3, -0.25) is 4.79 Å². The van der Waals surface area contributed by atoms with E-state index < -0.39 is 0 Å². The van der Waals surface area contributed by atoms with Crippen LogP contribution in [0.5, 0.6) is 0 Å². The van der Waals surface area contributed by atoms with Gasteiger partial charge >= 0.3 is 0 Å². The molecule has 0 aliphatic carbocycles. The smallest absolute Gasteiger partial charge is 0.224 e. The lowest BCUT2D eigenvalue weighted by atomic mass is 10.0. The quantitative estimate of drug-likeness (QED) is 0.625. The number of amides is 1. The second kappa shape index (κ2) is 6.99. The Morgan fingerprint density at radius 3 is 2.75 bits per heavy atom. The van der Waals surface area contributed by atoms with E-state index in [0.717, 1.165) is 48.1 Å². The average Bonchev–Trinajstić information content (AvgIpc) is 2.44. The first kappa shape index (κ1) is 15.2. The Hall–Kier alpha value is -1.20. The number of fused-ring (bicyclic) bond motifs is 1. The van der Waals surface area contributed by atoms with E-state index in [1.54, 1.807) is 11.8 Å². The van der Waals surface area contributed by atoms with Crippen LogP contribution in [0.15, 0.2) is 17.0 Å². The molecule has 0 spiro atoms. The van der Waals surface area contributed by atoms with Crippen LogP contribution in [0.1, 0.15) is 25.8 Å². The van der Waals surface area contributed by atoms with Crippen molar-refractivity contribution < 1.29 is 4.79 Å². The van der Waals surface area contributed by atoms with E-state index in [1.807, 2.05) is 6.07 Å². The van der Waals surface area contributed by atoms with Gasteiger partial charge < -0.3 is 16.0 Å². The zero-order valence-electron chi connectivity index (χ0n) is 12.2. The van der Waals surface area contributed by atoms with Gasteiger partial charge in [-0.2, -0.15) is 0 Å². The van der Waals surface area contributed by atoms with Crippen LogP contribution >= 0.6 is 11.8 Å². The predicted octanol–water partition coefficient (Wildman–Crippen LogP) is 2.59. The molecule has 0 bridgehead atoms. The van der Waals surface area contributed by atoms with Gasteiger partial charge in [-0.15, -0.1) is 11.8 Å². The molecule has 1 aliphatic rings. The third kappa shape index (κ3) is 3.67. The standard InChI is InChI=1S/C15H23N3OS/c1-3-18(4-2)7-8-20-14-9-11-5-6-15(19)17-13(11)10-12(14)16/h9-10H,3-8,16H2,1-2H3,(H,17,19). The lowest BCUT2D eigenvalue weighted by molar-refractivity contribution is -0.116. The molecule has 0 atom stereocenters. The van der Waals surface area contributed by atoms with E-state index in [0.29, 0.717) is 6.42 Å². The van der Waals surface area contributed by atoms with Gasteiger partial charge in [-0.1, -0.05) is 13.8 Å². The third-order valence-electron chi connectivity index (χ3n) is 3.69. The monoisotopic (exact) mass is 293 g/mol. The number of carbonyl (C=O) groups excluding carboxylic acids is 1. The number of nitrogen functional groups attached to an aromatic ring is 1. The first-order valence-corrected chi connectivity index (χ1v) is 8.20. The Labute approximate surface area is 125 Å². The molecule has 110 valence electrons. The fourth-order valence-electron chi connectivity index (χ4n) is 2.37. The van der Waals surface area contributed by atoms with Crippen LogP contribution < -0.4 is 11.1 Å². The first-order chi connectivity index (χ1) is 9.63. The van der Waals surface area contributed by atoms with Crippen LogP contribution in [0.25, 0.3) is 0 Å². The number of carbonyl (C=O) groups is 1. The van der Waals surface area contributed by atoms with Crippen LogP contribution in [0.4, 0.5) is 11.4 Å². The molecule has 0 unspecified atom stereocenters. The number of rotatable bonds is 6. The summed E-state index contributed by atoms with van der Waals surface area (Å²) in [5, 5.41) is 2.88. The molecule has 5 heteroatoms. The molecule has 4 nitrogen and oxygen atoms in total. The molecular formula is C15H23N3OS. The van der Waals surface area contributed by atoms with Crippen LogP contribution in [0.2, 0.25) is 0 Å². The summed E-state index contributed by atoms with van der Waals surface area (Å²) in [5.41, 5.74) is 8.93. The number of aryl methyl sites for hydroxylation is 1. The zero-order valence-corrected chi connectivity index (χ0v) is 13.1. The predicted molar refractivity (Wildman–Crippen MR) is 86.3 cm³/mol. The van der Waals surface area contributed by atoms with Crippen molar-refractivity contribution in [2.45, 2.75) is 31.6 Å². The molecular weight excluding hydrogens is 270 g/mol. The van der Waals surface area contributed by atoms with Crippen molar-refractivity contribution in [2.75, 3.05) is 36.4 Å². The van der Waals surface area contributed by atoms with Gasteiger partial charge in [0.1, 0.15) is 0 Å². The van der Waals surface area contributed by atoms with Gasteiger partial charge in [-0.25, -0.2) is 0 Å². The maximum Gasteiger partial charge on any atom is 0.224 e. The van der Waals surface area contributed by atoms with Crippen molar-refractivity contribution in [1.82, 2.24) is 4.90 Å². The van der Waals surface area contributed by atoms with Crippen molar-refractivity contribution in [3.8, 4) is 0 Å². The molecule has 0 saturated carbocycles. The summed E-state index contributed by atoms with van der Waals surface area (Å²) in [6.45, 7) is 7.62. The van der Waals surface area contributed by atoms with Crippen molar-refractivity contribution in [1.29, 1.82) is 0 Å². The number of nitrogens with two attached hydrogens (primary N) is 1. The summed E-state index contributed by atoms with van der Waals surface area (Å²) in [7, 11) is 0. The van der Waals surface area contributed by atoms with Crippen LogP contribution in [0.3, 0.4) is 0 Å².